The van der Waals surface area contributed by atoms with E-state index in [-0.39, 0.29) is 0 Å². The summed E-state index contributed by atoms with van der Waals surface area (Å²) in [5.41, 5.74) is 2.23. The minimum Gasteiger partial charge on any atom is -0.368 e. The lowest BCUT2D eigenvalue weighted by Gasteiger charge is -2.42. The highest BCUT2D eigenvalue weighted by Gasteiger charge is 2.28. The number of hydrogen-bond donors (Lipinski definition) is 0. The second kappa shape index (κ2) is 5.71. The van der Waals surface area contributed by atoms with Gasteiger partial charge in [0.2, 0.25) is 0 Å². The van der Waals surface area contributed by atoms with Gasteiger partial charge in [0.15, 0.2) is 0 Å². The molecular weight excluding hydrogens is 265 g/mol. The second-order valence-corrected chi connectivity index (χ2v) is 6.29. The van der Waals surface area contributed by atoms with E-state index in [2.05, 4.69) is 37.8 Å². The largest absolute Gasteiger partial charge is 0.368 e. The Morgan fingerprint density at radius 2 is 2.00 bits per heavy atom. The average molecular weight is 286 g/mol. The van der Waals surface area contributed by atoms with Crippen LogP contribution in [0.2, 0.25) is 5.02 Å². The zero-order valence-electron chi connectivity index (χ0n) is 11.3. The Kier molecular flexibility index (Phi) is 4.45. The molecule has 0 radical (unpaired) electrons. The van der Waals surface area contributed by atoms with E-state index < -0.39 is 0 Å². The van der Waals surface area contributed by atoms with E-state index in [1.807, 2.05) is 6.07 Å². The number of benzene rings is 1. The predicted octanol–water partition coefficient (Wildman–Crippen LogP) is 4.95. The number of hydrogen-bond acceptors (Lipinski definition) is 1. The number of alkyl halides is 1. The van der Waals surface area contributed by atoms with Crippen molar-refractivity contribution in [3.05, 3.63) is 28.8 Å². The maximum absolute atomic E-state index is 6.26. The molecule has 3 atom stereocenters. The first-order valence-corrected chi connectivity index (χ1v) is 7.55. The first-order valence-electron chi connectivity index (χ1n) is 6.64. The third kappa shape index (κ3) is 2.78. The summed E-state index contributed by atoms with van der Waals surface area (Å²) < 4.78 is 0. The SMILES string of the molecule is CC1CC(C)C(C)N(c2ccc(CCl)c(Cl)c2)C1. The molecule has 0 N–H and O–H groups in total. The van der Waals surface area contributed by atoms with Crippen molar-refractivity contribution in [3.63, 3.8) is 0 Å². The first-order chi connectivity index (χ1) is 8.52. The summed E-state index contributed by atoms with van der Waals surface area (Å²) in [6.07, 6.45) is 1.31. The van der Waals surface area contributed by atoms with E-state index >= 15 is 0 Å². The molecule has 0 aromatic heterocycles. The van der Waals surface area contributed by atoms with Crippen LogP contribution in [0.3, 0.4) is 0 Å². The lowest BCUT2D eigenvalue weighted by atomic mass is 9.85. The summed E-state index contributed by atoms with van der Waals surface area (Å²) in [6.45, 7) is 8.08. The Bertz CT molecular complexity index is 419. The normalized spacial score (nSPS) is 28.5. The van der Waals surface area contributed by atoms with Crippen LogP contribution >= 0.6 is 23.2 Å². The van der Waals surface area contributed by atoms with Crippen molar-refractivity contribution in [3.8, 4) is 0 Å². The highest BCUT2D eigenvalue weighted by molar-refractivity contribution is 6.32. The monoisotopic (exact) mass is 285 g/mol. The van der Waals surface area contributed by atoms with Crippen molar-refractivity contribution in [1.29, 1.82) is 0 Å². The molecule has 1 fully saturated rings. The number of rotatable bonds is 2. The summed E-state index contributed by atoms with van der Waals surface area (Å²) in [6, 6.07) is 6.81. The van der Waals surface area contributed by atoms with Crippen molar-refractivity contribution >= 4 is 28.9 Å². The fourth-order valence-electron chi connectivity index (χ4n) is 2.88. The van der Waals surface area contributed by atoms with Crippen LogP contribution in [-0.2, 0) is 5.88 Å². The lowest BCUT2D eigenvalue weighted by molar-refractivity contribution is 0.297. The van der Waals surface area contributed by atoms with Crippen LogP contribution in [0.15, 0.2) is 18.2 Å². The molecule has 0 saturated carbocycles. The van der Waals surface area contributed by atoms with Crippen LogP contribution in [0.4, 0.5) is 5.69 Å². The molecule has 18 heavy (non-hydrogen) atoms. The Balaban J connectivity index is 2.27. The van der Waals surface area contributed by atoms with Crippen LogP contribution in [0, 0.1) is 11.8 Å². The minimum absolute atomic E-state index is 0.474. The zero-order valence-corrected chi connectivity index (χ0v) is 12.8. The number of halogens is 2. The summed E-state index contributed by atoms with van der Waals surface area (Å²) in [5, 5.41) is 0.778. The molecule has 1 aliphatic heterocycles. The minimum atomic E-state index is 0.474. The number of nitrogens with zero attached hydrogens (tertiary/aromatic N) is 1. The zero-order chi connectivity index (χ0) is 13.3. The van der Waals surface area contributed by atoms with Gasteiger partial charge in [0.1, 0.15) is 0 Å². The molecule has 3 heteroatoms. The standard InChI is InChI=1S/C15H21Cl2N/c1-10-6-11(2)12(3)18(9-10)14-5-4-13(8-16)15(17)7-14/h4-5,7,10-12H,6,8-9H2,1-3H3. The fourth-order valence-corrected chi connectivity index (χ4v) is 3.42. The molecule has 100 valence electrons. The number of anilines is 1. The molecule has 1 saturated heterocycles. The van der Waals surface area contributed by atoms with Gasteiger partial charge in [-0.25, -0.2) is 0 Å². The van der Waals surface area contributed by atoms with Gasteiger partial charge in [0.05, 0.1) is 0 Å². The summed E-state index contributed by atoms with van der Waals surface area (Å²) in [7, 11) is 0. The predicted molar refractivity (Wildman–Crippen MR) is 80.8 cm³/mol. The molecule has 1 aliphatic rings. The topological polar surface area (TPSA) is 3.24 Å². The molecule has 1 heterocycles. The van der Waals surface area contributed by atoms with Crippen molar-refractivity contribution in [2.45, 2.75) is 39.1 Å². The summed E-state index contributed by atoms with van der Waals surface area (Å²) >= 11 is 12.1. The van der Waals surface area contributed by atoms with E-state index in [1.165, 1.54) is 12.1 Å². The number of piperidine rings is 1. The van der Waals surface area contributed by atoms with Crippen LogP contribution in [0.5, 0.6) is 0 Å². The van der Waals surface area contributed by atoms with E-state index in [0.29, 0.717) is 11.9 Å². The van der Waals surface area contributed by atoms with Gasteiger partial charge in [-0.3, -0.25) is 0 Å². The smallest absolute Gasteiger partial charge is 0.0488 e. The van der Waals surface area contributed by atoms with Gasteiger partial charge >= 0.3 is 0 Å². The molecule has 3 unspecified atom stereocenters. The van der Waals surface area contributed by atoms with Crippen molar-refractivity contribution in [2.24, 2.45) is 11.8 Å². The van der Waals surface area contributed by atoms with Gasteiger partial charge in [-0.05, 0) is 42.9 Å². The quantitative estimate of drug-likeness (QED) is 0.695. The molecule has 0 amide bonds. The first kappa shape index (κ1) is 14.0. The maximum atomic E-state index is 6.26. The van der Waals surface area contributed by atoms with Gasteiger partial charge in [-0.1, -0.05) is 31.5 Å². The van der Waals surface area contributed by atoms with Gasteiger partial charge in [0, 0.05) is 29.2 Å². The van der Waals surface area contributed by atoms with Crippen molar-refractivity contribution < 1.29 is 0 Å². The Morgan fingerprint density at radius 3 is 2.61 bits per heavy atom. The summed E-state index contributed by atoms with van der Waals surface area (Å²) in [5.74, 6) is 1.93. The van der Waals surface area contributed by atoms with E-state index in [1.54, 1.807) is 0 Å². The third-order valence-corrected chi connectivity index (χ3v) is 4.75. The Morgan fingerprint density at radius 1 is 1.28 bits per heavy atom. The molecule has 0 spiro atoms. The average Bonchev–Trinajstić information content (AvgIpc) is 2.33. The van der Waals surface area contributed by atoms with E-state index in [4.69, 9.17) is 23.2 Å². The molecular formula is C15H21Cl2N. The molecule has 2 rings (SSSR count). The molecule has 1 aromatic rings. The highest BCUT2D eigenvalue weighted by atomic mass is 35.5. The van der Waals surface area contributed by atoms with E-state index in [0.717, 1.165) is 29.0 Å². The molecule has 1 aromatic carbocycles. The van der Waals surface area contributed by atoms with Gasteiger partial charge < -0.3 is 4.90 Å². The van der Waals surface area contributed by atoms with E-state index in [9.17, 15) is 0 Å². The molecule has 0 bridgehead atoms. The van der Waals surface area contributed by atoms with Crippen LogP contribution < -0.4 is 4.90 Å². The van der Waals surface area contributed by atoms with Crippen molar-refractivity contribution in [2.75, 3.05) is 11.4 Å². The molecule has 0 aliphatic carbocycles. The maximum Gasteiger partial charge on any atom is 0.0488 e. The van der Waals surface area contributed by atoms with Crippen molar-refractivity contribution in [1.82, 2.24) is 0 Å². The Hall–Kier alpha value is -0.400. The van der Waals surface area contributed by atoms with Crippen LogP contribution in [-0.4, -0.2) is 12.6 Å². The third-order valence-electron chi connectivity index (χ3n) is 4.11. The fraction of sp³-hybridized carbons (Fsp3) is 0.600. The molecule has 1 nitrogen and oxygen atoms in total. The van der Waals surface area contributed by atoms with Gasteiger partial charge in [-0.15, -0.1) is 11.6 Å². The second-order valence-electron chi connectivity index (χ2n) is 5.62. The Labute approximate surface area is 120 Å². The lowest BCUT2D eigenvalue weighted by Crippen LogP contribution is -2.45. The van der Waals surface area contributed by atoms with Gasteiger partial charge in [0.25, 0.3) is 0 Å². The highest BCUT2D eigenvalue weighted by Crippen LogP contribution is 2.33. The summed E-state index contributed by atoms with van der Waals surface area (Å²) in [4.78, 5) is 2.47. The van der Waals surface area contributed by atoms with Gasteiger partial charge in [-0.2, -0.15) is 0 Å². The van der Waals surface area contributed by atoms with Crippen LogP contribution in [0.1, 0.15) is 32.8 Å². The van der Waals surface area contributed by atoms with Crippen LogP contribution in [0.25, 0.3) is 0 Å².